The molecular formula is C22H21F3N2O3. The van der Waals surface area contributed by atoms with Crippen LogP contribution >= 0.6 is 0 Å². The maximum atomic E-state index is 12.7. The Morgan fingerprint density at radius 1 is 1.17 bits per heavy atom. The lowest BCUT2D eigenvalue weighted by Gasteiger charge is -2.35. The first-order valence-electron chi connectivity index (χ1n) is 9.57. The molecule has 2 N–H and O–H groups in total. The third kappa shape index (κ3) is 4.28. The minimum Gasteiger partial charge on any atom is -0.490 e. The van der Waals surface area contributed by atoms with Crippen LogP contribution in [0.15, 0.2) is 48.7 Å². The van der Waals surface area contributed by atoms with Crippen LogP contribution < -0.4 is 10.1 Å². The van der Waals surface area contributed by atoms with Gasteiger partial charge in [-0.1, -0.05) is 12.1 Å². The van der Waals surface area contributed by atoms with Gasteiger partial charge in [-0.15, -0.1) is 0 Å². The van der Waals surface area contributed by atoms with Gasteiger partial charge in [0, 0.05) is 24.2 Å². The summed E-state index contributed by atoms with van der Waals surface area (Å²) < 4.78 is 48.9. The number of aromatic amines is 1. The number of alkyl halides is 3. The first-order valence-corrected chi connectivity index (χ1v) is 9.57. The molecule has 0 unspecified atom stereocenters. The van der Waals surface area contributed by atoms with Gasteiger partial charge in [0.25, 0.3) is 0 Å². The lowest BCUT2D eigenvalue weighted by atomic mass is 9.77. The summed E-state index contributed by atoms with van der Waals surface area (Å²) in [4.78, 5) is 14.9. The Hall–Kier alpha value is -3.00. The molecule has 158 valence electrons. The molecule has 1 aromatic heterocycles. The Morgan fingerprint density at radius 3 is 2.57 bits per heavy atom. The molecule has 2 aromatic carbocycles. The van der Waals surface area contributed by atoms with Crippen molar-refractivity contribution < 1.29 is 27.4 Å². The second-order valence-electron chi connectivity index (χ2n) is 7.42. The van der Waals surface area contributed by atoms with Crippen LogP contribution in [0.25, 0.3) is 10.9 Å². The van der Waals surface area contributed by atoms with Gasteiger partial charge in [-0.25, -0.2) is 0 Å². The van der Waals surface area contributed by atoms with Gasteiger partial charge in [0.2, 0.25) is 5.91 Å². The van der Waals surface area contributed by atoms with E-state index in [1.807, 2.05) is 18.2 Å². The SMILES string of the molecule is COCC(=O)Nc1c[nH]c2ccc(O[C@H]3C[C@H](c4ccc(C(F)(F)F)cc4)C3)cc12. The van der Waals surface area contributed by atoms with E-state index in [0.29, 0.717) is 11.4 Å². The zero-order valence-corrected chi connectivity index (χ0v) is 16.3. The molecule has 0 saturated heterocycles. The maximum Gasteiger partial charge on any atom is 0.416 e. The Balaban J connectivity index is 1.38. The maximum absolute atomic E-state index is 12.7. The number of carbonyl (C=O) groups is 1. The number of aromatic nitrogens is 1. The quantitative estimate of drug-likeness (QED) is 0.586. The molecule has 0 radical (unpaired) electrons. The fraction of sp³-hybridized carbons (Fsp3) is 0.318. The predicted molar refractivity (Wildman–Crippen MR) is 107 cm³/mol. The number of benzene rings is 2. The summed E-state index contributed by atoms with van der Waals surface area (Å²) in [6.07, 6.45) is -1.11. The van der Waals surface area contributed by atoms with Crippen LogP contribution in [0.2, 0.25) is 0 Å². The Labute approximate surface area is 171 Å². The molecule has 1 amide bonds. The van der Waals surface area contributed by atoms with Crippen molar-refractivity contribution in [2.24, 2.45) is 0 Å². The minimum absolute atomic E-state index is 0.000201. The monoisotopic (exact) mass is 418 g/mol. The smallest absolute Gasteiger partial charge is 0.416 e. The molecule has 0 atom stereocenters. The van der Waals surface area contributed by atoms with Crippen LogP contribution in [0.4, 0.5) is 18.9 Å². The summed E-state index contributed by atoms with van der Waals surface area (Å²) in [6.45, 7) is -0.0315. The number of nitrogens with one attached hydrogen (secondary N) is 2. The van der Waals surface area contributed by atoms with Crippen LogP contribution in [0.1, 0.15) is 29.9 Å². The molecule has 1 aliphatic rings. The average molecular weight is 418 g/mol. The van der Waals surface area contributed by atoms with Gasteiger partial charge in [-0.3, -0.25) is 4.79 Å². The van der Waals surface area contributed by atoms with E-state index in [9.17, 15) is 18.0 Å². The van der Waals surface area contributed by atoms with Crippen molar-refractivity contribution >= 4 is 22.5 Å². The molecule has 1 fully saturated rings. The standard InChI is InChI=1S/C22H21F3N2O3/c1-29-12-21(28)27-20-11-26-19-7-6-16(10-18(19)20)30-17-8-14(9-17)13-2-4-15(5-3-13)22(23,24)25/h2-7,10-11,14,17,26H,8-9,12H2,1H3,(H,27,28)/t14-,17-. The summed E-state index contributed by atoms with van der Waals surface area (Å²) in [6, 6.07) is 10.9. The average Bonchev–Trinajstić information content (AvgIpc) is 3.06. The van der Waals surface area contributed by atoms with E-state index in [4.69, 9.17) is 9.47 Å². The van der Waals surface area contributed by atoms with Gasteiger partial charge in [-0.2, -0.15) is 13.2 Å². The van der Waals surface area contributed by atoms with Gasteiger partial charge < -0.3 is 19.8 Å². The summed E-state index contributed by atoms with van der Waals surface area (Å²) in [7, 11) is 1.46. The summed E-state index contributed by atoms with van der Waals surface area (Å²) in [5, 5.41) is 3.62. The number of rotatable bonds is 6. The van der Waals surface area contributed by atoms with E-state index in [-0.39, 0.29) is 24.5 Å². The van der Waals surface area contributed by atoms with Gasteiger partial charge >= 0.3 is 6.18 Å². The Kier molecular flexibility index (Phi) is 5.42. The molecular weight excluding hydrogens is 397 g/mol. The number of hydrogen-bond donors (Lipinski definition) is 2. The largest absolute Gasteiger partial charge is 0.490 e. The van der Waals surface area contributed by atoms with Crippen molar-refractivity contribution in [3.63, 3.8) is 0 Å². The van der Waals surface area contributed by atoms with Crippen molar-refractivity contribution in [3.05, 3.63) is 59.8 Å². The summed E-state index contributed by atoms with van der Waals surface area (Å²) in [5.74, 6) is 0.625. The van der Waals surface area contributed by atoms with E-state index in [1.54, 1.807) is 18.3 Å². The van der Waals surface area contributed by atoms with Crippen molar-refractivity contribution in [1.29, 1.82) is 0 Å². The molecule has 4 rings (SSSR count). The zero-order valence-electron chi connectivity index (χ0n) is 16.3. The van der Waals surface area contributed by atoms with Crippen LogP contribution in [-0.2, 0) is 15.7 Å². The highest BCUT2D eigenvalue weighted by atomic mass is 19.4. The van der Waals surface area contributed by atoms with E-state index in [0.717, 1.165) is 41.4 Å². The minimum atomic E-state index is -4.32. The number of hydrogen-bond acceptors (Lipinski definition) is 3. The lowest BCUT2D eigenvalue weighted by Crippen LogP contribution is -2.32. The third-order valence-electron chi connectivity index (χ3n) is 5.31. The van der Waals surface area contributed by atoms with Crippen molar-refractivity contribution in [2.45, 2.75) is 31.0 Å². The Bertz CT molecular complexity index is 1040. The molecule has 8 heteroatoms. The van der Waals surface area contributed by atoms with E-state index in [1.165, 1.54) is 7.11 Å². The number of amides is 1. The van der Waals surface area contributed by atoms with Crippen LogP contribution in [0, 0.1) is 0 Å². The topological polar surface area (TPSA) is 63.3 Å². The van der Waals surface area contributed by atoms with Crippen molar-refractivity contribution in [3.8, 4) is 5.75 Å². The van der Waals surface area contributed by atoms with E-state index >= 15 is 0 Å². The van der Waals surface area contributed by atoms with Crippen LogP contribution in [0.5, 0.6) is 5.75 Å². The first-order chi connectivity index (χ1) is 14.3. The van der Waals surface area contributed by atoms with Gasteiger partial charge in [-0.05, 0) is 54.7 Å². The normalized spacial score (nSPS) is 18.8. The Morgan fingerprint density at radius 2 is 1.90 bits per heavy atom. The number of ether oxygens (including phenoxy) is 2. The number of fused-ring (bicyclic) bond motifs is 1. The highest BCUT2D eigenvalue weighted by Gasteiger charge is 2.34. The molecule has 1 saturated carbocycles. The number of methoxy groups -OCH3 is 1. The van der Waals surface area contributed by atoms with Crippen molar-refractivity contribution in [1.82, 2.24) is 4.98 Å². The third-order valence-corrected chi connectivity index (χ3v) is 5.31. The molecule has 1 heterocycles. The van der Waals surface area contributed by atoms with Gasteiger partial charge in [0.15, 0.2) is 0 Å². The highest BCUT2D eigenvalue weighted by molar-refractivity contribution is 6.02. The second-order valence-corrected chi connectivity index (χ2v) is 7.42. The van der Waals surface area contributed by atoms with E-state index < -0.39 is 11.7 Å². The molecule has 0 bridgehead atoms. The zero-order chi connectivity index (χ0) is 21.3. The van der Waals surface area contributed by atoms with Crippen LogP contribution in [0.3, 0.4) is 0 Å². The van der Waals surface area contributed by atoms with Crippen LogP contribution in [-0.4, -0.2) is 30.7 Å². The molecule has 5 nitrogen and oxygen atoms in total. The fourth-order valence-electron chi connectivity index (χ4n) is 3.66. The second kappa shape index (κ2) is 8.02. The summed E-state index contributed by atoms with van der Waals surface area (Å²) in [5.41, 5.74) is 1.78. The summed E-state index contributed by atoms with van der Waals surface area (Å²) >= 11 is 0. The molecule has 30 heavy (non-hydrogen) atoms. The number of carbonyl (C=O) groups excluding carboxylic acids is 1. The molecule has 0 spiro atoms. The van der Waals surface area contributed by atoms with E-state index in [2.05, 4.69) is 10.3 Å². The predicted octanol–water partition coefficient (Wildman–Crippen LogP) is 5.10. The highest BCUT2D eigenvalue weighted by Crippen LogP contribution is 2.40. The van der Waals surface area contributed by atoms with Gasteiger partial charge in [0.1, 0.15) is 12.4 Å². The van der Waals surface area contributed by atoms with Crippen molar-refractivity contribution in [2.75, 3.05) is 19.0 Å². The molecule has 1 aliphatic carbocycles. The molecule has 3 aromatic rings. The lowest BCUT2D eigenvalue weighted by molar-refractivity contribution is -0.137. The number of H-pyrrole nitrogens is 1. The number of anilines is 1. The number of halogens is 3. The fourth-order valence-corrected chi connectivity index (χ4v) is 3.66. The first kappa shape index (κ1) is 20.3. The van der Waals surface area contributed by atoms with Gasteiger partial charge in [0.05, 0.1) is 17.4 Å². The molecule has 0 aliphatic heterocycles.